The largest absolute Gasteiger partial charge is 0.389 e. The highest BCUT2D eigenvalue weighted by atomic mass is 35.5. The quantitative estimate of drug-likeness (QED) is 0.570. The van der Waals surface area contributed by atoms with E-state index in [1.807, 2.05) is 5.32 Å². The summed E-state index contributed by atoms with van der Waals surface area (Å²) in [6.45, 7) is -0.856. The zero-order valence-corrected chi connectivity index (χ0v) is 12.9. The van der Waals surface area contributed by atoms with Crippen LogP contribution in [0.2, 0.25) is 5.02 Å². The predicted molar refractivity (Wildman–Crippen MR) is 79.2 cm³/mol. The van der Waals surface area contributed by atoms with Gasteiger partial charge in [-0.25, -0.2) is 8.42 Å². The van der Waals surface area contributed by atoms with Crippen molar-refractivity contribution in [3.05, 3.63) is 28.8 Å². The van der Waals surface area contributed by atoms with Gasteiger partial charge in [-0.15, -0.1) is 0 Å². The summed E-state index contributed by atoms with van der Waals surface area (Å²) in [5, 5.41) is 2.10. The number of hydrogen-bond acceptors (Lipinski definition) is 5. The Morgan fingerprint density at radius 2 is 1.86 bits per heavy atom. The topological polar surface area (TPSA) is 110 Å². The Hall–Kier alpha value is -1.55. The number of nitrogens with one attached hydrogen (secondary N) is 1. The molecule has 7 nitrogen and oxygen atoms in total. The molecule has 1 fully saturated rings. The molecule has 1 heterocycles. The summed E-state index contributed by atoms with van der Waals surface area (Å²) in [5.74, 6) is -1.36. The Labute approximate surface area is 131 Å². The van der Waals surface area contributed by atoms with Gasteiger partial charge in [0.2, 0.25) is 21.8 Å². The molecule has 3 N–H and O–H groups in total. The molecule has 21 heavy (non-hydrogen) atoms. The number of sulfonamides is 1. The monoisotopic (exact) mass is 347 g/mol. The standard InChI is InChI=1S/C11H10ClN3O4S2/c12-8-3-6(1-2-7(8)11(13)20)21(18,19)15-4-9(16)14-10(17)5-15/h1-3H,4-5H2,(H2,13,20)(H,14,16,17). The first-order chi connectivity index (χ1) is 9.71. The van der Waals surface area contributed by atoms with Crippen LogP contribution in [-0.2, 0) is 19.6 Å². The lowest BCUT2D eigenvalue weighted by Gasteiger charge is -2.24. The Balaban J connectivity index is 2.40. The number of carbonyl (C=O) groups is 2. The first kappa shape index (κ1) is 15.8. The van der Waals surface area contributed by atoms with Crippen LogP contribution < -0.4 is 11.1 Å². The molecule has 0 aromatic heterocycles. The van der Waals surface area contributed by atoms with E-state index in [1.165, 1.54) is 18.2 Å². The smallest absolute Gasteiger partial charge is 0.244 e. The van der Waals surface area contributed by atoms with Crippen molar-refractivity contribution in [2.24, 2.45) is 5.73 Å². The Kier molecular flexibility index (Phi) is 4.28. The zero-order valence-electron chi connectivity index (χ0n) is 10.5. The molecule has 0 atom stereocenters. The Morgan fingerprint density at radius 1 is 1.29 bits per heavy atom. The fourth-order valence-corrected chi connectivity index (χ4v) is 3.75. The van der Waals surface area contributed by atoms with Gasteiger partial charge in [-0.1, -0.05) is 23.8 Å². The molecule has 0 saturated carbocycles. The lowest BCUT2D eigenvalue weighted by molar-refractivity contribution is -0.134. The molecule has 1 aliphatic heterocycles. The molecule has 1 aromatic carbocycles. The Morgan fingerprint density at radius 3 is 2.33 bits per heavy atom. The number of hydrogen-bond donors (Lipinski definition) is 2. The van der Waals surface area contributed by atoms with Crippen molar-refractivity contribution in [2.75, 3.05) is 13.1 Å². The van der Waals surface area contributed by atoms with Gasteiger partial charge in [0, 0.05) is 5.56 Å². The van der Waals surface area contributed by atoms with Gasteiger partial charge in [-0.2, -0.15) is 4.31 Å². The molecular formula is C11H10ClN3O4S2. The number of thiocarbonyl (C=S) groups is 1. The second kappa shape index (κ2) is 5.68. The van der Waals surface area contributed by atoms with Crippen LogP contribution in [-0.4, -0.2) is 42.6 Å². The van der Waals surface area contributed by atoms with Gasteiger partial charge in [0.25, 0.3) is 0 Å². The number of amides is 2. The van der Waals surface area contributed by atoms with Crippen LogP contribution in [0.3, 0.4) is 0 Å². The van der Waals surface area contributed by atoms with Gasteiger partial charge in [0.1, 0.15) is 4.99 Å². The average Bonchev–Trinajstić information content (AvgIpc) is 2.36. The van der Waals surface area contributed by atoms with E-state index >= 15 is 0 Å². The first-order valence-corrected chi connectivity index (χ1v) is 7.86. The van der Waals surface area contributed by atoms with Crippen LogP contribution >= 0.6 is 23.8 Å². The lowest BCUT2D eigenvalue weighted by atomic mass is 10.2. The van der Waals surface area contributed by atoms with Crippen LogP contribution in [0, 0.1) is 0 Å². The van der Waals surface area contributed by atoms with Crippen LogP contribution in [0.1, 0.15) is 5.56 Å². The summed E-state index contributed by atoms with van der Waals surface area (Å²) in [6.07, 6.45) is 0. The van der Waals surface area contributed by atoms with Crippen molar-refractivity contribution >= 4 is 50.6 Å². The molecular weight excluding hydrogens is 338 g/mol. The molecule has 0 unspecified atom stereocenters. The SMILES string of the molecule is NC(=S)c1ccc(S(=O)(=O)N2CC(=O)NC(=O)C2)cc1Cl. The summed E-state index contributed by atoms with van der Waals surface area (Å²) in [5.41, 5.74) is 5.79. The number of rotatable bonds is 3. The molecule has 1 aromatic rings. The first-order valence-electron chi connectivity index (χ1n) is 5.64. The molecule has 1 aliphatic rings. The third-order valence-electron chi connectivity index (χ3n) is 2.76. The van der Waals surface area contributed by atoms with E-state index < -0.39 is 34.9 Å². The zero-order chi connectivity index (χ0) is 15.8. The Bertz CT molecular complexity index is 732. The van der Waals surface area contributed by atoms with Crippen molar-refractivity contribution in [1.29, 1.82) is 0 Å². The van der Waals surface area contributed by atoms with Crippen molar-refractivity contribution in [1.82, 2.24) is 9.62 Å². The normalized spacial score (nSPS) is 16.6. The van der Waals surface area contributed by atoms with Crippen molar-refractivity contribution in [3.8, 4) is 0 Å². The fraction of sp³-hybridized carbons (Fsp3) is 0.182. The van der Waals surface area contributed by atoms with Gasteiger partial charge in [0.05, 0.1) is 23.0 Å². The summed E-state index contributed by atoms with van der Waals surface area (Å²) in [7, 11) is -4.01. The molecule has 112 valence electrons. The van der Waals surface area contributed by atoms with Gasteiger partial charge in [-0.05, 0) is 18.2 Å². The average molecular weight is 348 g/mol. The minimum absolute atomic E-state index is 0.0384. The number of nitrogens with two attached hydrogens (primary N) is 1. The number of benzene rings is 1. The summed E-state index contributed by atoms with van der Waals surface area (Å²) >= 11 is 10.7. The van der Waals surface area contributed by atoms with Gasteiger partial charge in [0.15, 0.2) is 0 Å². The van der Waals surface area contributed by atoms with Crippen molar-refractivity contribution < 1.29 is 18.0 Å². The minimum atomic E-state index is -4.01. The van der Waals surface area contributed by atoms with E-state index in [-0.39, 0.29) is 14.9 Å². The van der Waals surface area contributed by atoms with Gasteiger partial charge >= 0.3 is 0 Å². The number of piperazine rings is 1. The number of halogens is 1. The molecule has 0 spiro atoms. The third-order valence-corrected chi connectivity index (χ3v) is 5.08. The second-order valence-electron chi connectivity index (χ2n) is 4.25. The lowest BCUT2D eigenvalue weighted by Crippen LogP contribution is -2.53. The third kappa shape index (κ3) is 3.21. The van der Waals surface area contributed by atoms with E-state index in [0.717, 1.165) is 4.31 Å². The second-order valence-corrected chi connectivity index (χ2v) is 7.04. The van der Waals surface area contributed by atoms with E-state index in [0.29, 0.717) is 5.56 Å². The van der Waals surface area contributed by atoms with Crippen LogP contribution in [0.15, 0.2) is 23.1 Å². The van der Waals surface area contributed by atoms with Crippen LogP contribution in [0.4, 0.5) is 0 Å². The highest BCUT2D eigenvalue weighted by Crippen LogP contribution is 2.23. The minimum Gasteiger partial charge on any atom is -0.389 e. The molecule has 0 aliphatic carbocycles. The fourth-order valence-electron chi connectivity index (χ4n) is 1.79. The molecule has 0 radical (unpaired) electrons. The number of carbonyl (C=O) groups excluding carboxylic acids is 2. The highest BCUT2D eigenvalue weighted by Gasteiger charge is 2.33. The maximum absolute atomic E-state index is 12.4. The number of imide groups is 1. The van der Waals surface area contributed by atoms with Gasteiger partial charge in [-0.3, -0.25) is 14.9 Å². The highest BCUT2D eigenvalue weighted by molar-refractivity contribution is 7.89. The molecule has 10 heteroatoms. The van der Waals surface area contributed by atoms with Crippen LogP contribution in [0.5, 0.6) is 0 Å². The van der Waals surface area contributed by atoms with Crippen LogP contribution in [0.25, 0.3) is 0 Å². The van der Waals surface area contributed by atoms with E-state index in [1.54, 1.807) is 0 Å². The summed E-state index contributed by atoms with van der Waals surface area (Å²) < 4.78 is 25.5. The molecule has 2 rings (SSSR count). The van der Waals surface area contributed by atoms with E-state index in [4.69, 9.17) is 29.6 Å². The molecule has 2 amide bonds. The maximum atomic E-state index is 12.4. The molecule has 0 bridgehead atoms. The van der Waals surface area contributed by atoms with Crippen molar-refractivity contribution in [3.63, 3.8) is 0 Å². The molecule has 1 saturated heterocycles. The van der Waals surface area contributed by atoms with Crippen molar-refractivity contribution in [2.45, 2.75) is 4.90 Å². The number of nitrogens with zero attached hydrogens (tertiary/aromatic N) is 1. The van der Waals surface area contributed by atoms with E-state index in [9.17, 15) is 18.0 Å². The van der Waals surface area contributed by atoms with Gasteiger partial charge < -0.3 is 5.73 Å². The van der Waals surface area contributed by atoms with E-state index in [2.05, 4.69) is 0 Å². The maximum Gasteiger partial charge on any atom is 0.244 e. The predicted octanol–water partition coefficient (Wildman–Crippen LogP) is -0.379. The summed E-state index contributed by atoms with van der Waals surface area (Å²) in [6, 6.07) is 3.83. The summed E-state index contributed by atoms with van der Waals surface area (Å²) in [4.78, 5) is 22.4.